The number of rotatable bonds is 5. The predicted molar refractivity (Wildman–Crippen MR) is 75.5 cm³/mol. The number of hydrogen-bond acceptors (Lipinski definition) is 3. The monoisotopic (exact) mass is 250 g/mol. The van der Waals surface area contributed by atoms with Gasteiger partial charge in [0.25, 0.3) is 0 Å². The fourth-order valence-corrected chi connectivity index (χ4v) is 3.08. The molecule has 0 bridgehead atoms. The summed E-state index contributed by atoms with van der Waals surface area (Å²) in [6.45, 7) is 2.29. The van der Waals surface area contributed by atoms with Crippen LogP contribution in [0.3, 0.4) is 0 Å². The first kappa shape index (κ1) is 12.9. The molecule has 1 aliphatic rings. The van der Waals surface area contributed by atoms with Crippen molar-refractivity contribution in [1.29, 1.82) is 0 Å². The largest absolute Gasteiger partial charge is 0.306 e. The van der Waals surface area contributed by atoms with Crippen molar-refractivity contribution in [3.05, 3.63) is 29.6 Å². The van der Waals surface area contributed by atoms with Crippen molar-refractivity contribution in [3.8, 4) is 0 Å². The van der Waals surface area contributed by atoms with Crippen LogP contribution in [0.5, 0.6) is 0 Å². The Balaban J connectivity index is 1.98. The van der Waals surface area contributed by atoms with Crippen molar-refractivity contribution < 1.29 is 0 Å². The second-order valence-electron chi connectivity index (χ2n) is 4.84. The summed E-state index contributed by atoms with van der Waals surface area (Å²) in [6.07, 6.45) is 9.04. The lowest BCUT2D eigenvalue weighted by Gasteiger charge is -2.28. The summed E-state index contributed by atoms with van der Waals surface area (Å²) in [6, 6.07) is 5.33. The van der Waals surface area contributed by atoms with Crippen LogP contribution in [0.15, 0.2) is 18.3 Å². The molecule has 1 heterocycles. The van der Waals surface area contributed by atoms with E-state index in [1.807, 2.05) is 18.0 Å². The number of aryl methyl sites for hydroxylation is 1. The first-order valence-corrected chi connectivity index (χ1v) is 7.89. The van der Waals surface area contributed by atoms with E-state index in [2.05, 4.69) is 35.6 Å². The average molecular weight is 250 g/mol. The van der Waals surface area contributed by atoms with Gasteiger partial charge in [-0.1, -0.05) is 6.07 Å². The van der Waals surface area contributed by atoms with Gasteiger partial charge in [-0.3, -0.25) is 4.98 Å². The molecule has 3 heteroatoms. The highest BCUT2D eigenvalue weighted by molar-refractivity contribution is 7.98. The fourth-order valence-electron chi connectivity index (χ4n) is 2.49. The SMILES string of the molecule is CSCCC(C)NC1CCCc2cccnc21. The predicted octanol–water partition coefficient (Wildman–Crippen LogP) is 3.19. The maximum Gasteiger partial charge on any atom is 0.0605 e. The summed E-state index contributed by atoms with van der Waals surface area (Å²) in [5.41, 5.74) is 2.73. The molecule has 0 radical (unpaired) electrons. The van der Waals surface area contributed by atoms with E-state index in [9.17, 15) is 0 Å². The van der Waals surface area contributed by atoms with Crippen molar-refractivity contribution in [2.45, 2.75) is 44.7 Å². The van der Waals surface area contributed by atoms with Crippen molar-refractivity contribution in [3.63, 3.8) is 0 Å². The summed E-state index contributed by atoms with van der Waals surface area (Å²) >= 11 is 1.92. The topological polar surface area (TPSA) is 24.9 Å². The van der Waals surface area contributed by atoms with Gasteiger partial charge < -0.3 is 5.32 Å². The molecule has 17 heavy (non-hydrogen) atoms. The lowest BCUT2D eigenvalue weighted by molar-refractivity contribution is 0.396. The van der Waals surface area contributed by atoms with Crippen molar-refractivity contribution in [2.75, 3.05) is 12.0 Å². The molecule has 1 aromatic heterocycles. The Hall–Kier alpha value is -0.540. The minimum atomic E-state index is 0.469. The summed E-state index contributed by atoms with van der Waals surface area (Å²) in [5, 5.41) is 3.73. The number of fused-ring (bicyclic) bond motifs is 1. The Labute approximate surface area is 109 Å². The van der Waals surface area contributed by atoms with E-state index in [1.165, 1.54) is 42.7 Å². The summed E-state index contributed by atoms with van der Waals surface area (Å²) in [5.74, 6) is 1.23. The number of nitrogens with zero attached hydrogens (tertiary/aromatic N) is 1. The van der Waals surface area contributed by atoms with E-state index in [0.29, 0.717) is 12.1 Å². The van der Waals surface area contributed by atoms with Gasteiger partial charge in [0.1, 0.15) is 0 Å². The Morgan fingerprint density at radius 1 is 1.59 bits per heavy atom. The van der Waals surface area contributed by atoms with Crippen LogP contribution in [0.1, 0.15) is 43.5 Å². The number of pyridine rings is 1. The van der Waals surface area contributed by atoms with Gasteiger partial charge in [-0.05, 0) is 56.2 Å². The van der Waals surface area contributed by atoms with E-state index in [-0.39, 0.29) is 0 Å². The molecule has 0 aromatic carbocycles. The normalized spacial score (nSPS) is 20.9. The van der Waals surface area contributed by atoms with Gasteiger partial charge >= 0.3 is 0 Å². The zero-order valence-electron chi connectivity index (χ0n) is 10.8. The molecule has 2 unspecified atom stereocenters. The van der Waals surface area contributed by atoms with Gasteiger partial charge in [0.05, 0.1) is 5.69 Å². The molecule has 0 fully saturated rings. The zero-order valence-corrected chi connectivity index (χ0v) is 11.6. The summed E-state index contributed by atoms with van der Waals surface area (Å²) < 4.78 is 0. The average Bonchev–Trinajstić information content (AvgIpc) is 2.37. The molecular formula is C14H22N2S. The molecule has 2 rings (SSSR count). The van der Waals surface area contributed by atoms with Crippen LogP contribution >= 0.6 is 11.8 Å². The molecule has 1 aromatic rings. The van der Waals surface area contributed by atoms with Crippen LogP contribution < -0.4 is 5.32 Å². The Bertz CT molecular complexity index is 354. The van der Waals surface area contributed by atoms with Gasteiger partial charge in [0.2, 0.25) is 0 Å². The van der Waals surface area contributed by atoms with E-state index >= 15 is 0 Å². The minimum Gasteiger partial charge on any atom is -0.306 e. The van der Waals surface area contributed by atoms with Crippen LogP contribution in [0.25, 0.3) is 0 Å². The number of aromatic nitrogens is 1. The molecule has 94 valence electrons. The molecule has 2 atom stereocenters. The first-order chi connectivity index (χ1) is 8.31. The second kappa shape index (κ2) is 6.41. The maximum absolute atomic E-state index is 4.57. The second-order valence-corrected chi connectivity index (χ2v) is 5.83. The number of thioether (sulfide) groups is 1. The Morgan fingerprint density at radius 2 is 2.47 bits per heavy atom. The van der Waals surface area contributed by atoms with Crippen molar-refractivity contribution >= 4 is 11.8 Å². The number of nitrogens with one attached hydrogen (secondary N) is 1. The number of hydrogen-bond donors (Lipinski definition) is 1. The maximum atomic E-state index is 4.57. The lowest BCUT2D eigenvalue weighted by atomic mass is 9.91. The highest BCUT2D eigenvalue weighted by Crippen LogP contribution is 2.28. The third kappa shape index (κ3) is 3.46. The van der Waals surface area contributed by atoms with Crippen LogP contribution in [0.4, 0.5) is 0 Å². The van der Waals surface area contributed by atoms with Crippen molar-refractivity contribution in [2.24, 2.45) is 0 Å². The Morgan fingerprint density at radius 3 is 3.29 bits per heavy atom. The highest BCUT2D eigenvalue weighted by Gasteiger charge is 2.22. The van der Waals surface area contributed by atoms with Crippen LogP contribution in [0, 0.1) is 0 Å². The molecular weight excluding hydrogens is 228 g/mol. The molecule has 2 nitrogen and oxygen atoms in total. The van der Waals surface area contributed by atoms with Gasteiger partial charge in [0, 0.05) is 18.3 Å². The Kier molecular flexibility index (Phi) is 4.86. The standard InChI is InChI=1S/C14H22N2S/c1-11(8-10-17-2)16-13-7-3-5-12-6-4-9-15-14(12)13/h4,6,9,11,13,16H,3,5,7-8,10H2,1-2H3. The highest BCUT2D eigenvalue weighted by atomic mass is 32.2. The molecule has 0 saturated heterocycles. The van der Waals surface area contributed by atoms with Crippen molar-refractivity contribution in [1.82, 2.24) is 10.3 Å². The lowest BCUT2D eigenvalue weighted by Crippen LogP contribution is -2.33. The molecule has 0 saturated carbocycles. The minimum absolute atomic E-state index is 0.469. The van der Waals surface area contributed by atoms with Gasteiger partial charge in [0.15, 0.2) is 0 Å². The molecule has 0 amide bonds. The zero-order chi connectivity index (χ0) is 12.1. The quantitative estimate of drug-likeness (QED) is 0.868. The third-order valence-electron chi connectivity index (χ3n) is 3.44. The van der Waals surface area contributed by atoms with Crippen LogP contribution in [-0.2, 0) is 6.42 Å². The molecule has 0 aliphatic heterocycles. The molecule has 1 aliphatic carbocycles. The molecule has 1 N–H and O–H groups in total. The fraction of sp³-hybridized carbons (Fsp3) is 0.643. The molecule has 0 spiro atoms. The summed E-state index contributed by atoms with van der Waals surface area (Å²) in [4.78, 5) is 4.57. The van der Waals surface area contributed by atoms with E-state index in [4.69, 9.17) is 0 Å². The van der Waals surface area contributed by atoms with Gasteiger partial charge in [-0.15, -0.1) is 0 Å². The van der Waals surface area contributed by atoms with E-state index in [1.54, 1.807) is 0 Å². The first-order valence-electron chi connectivity index (χ1n) is 6.50. The van der Waals surface area contributed by atoms with Gasteiger partial charge in [-0.2, -0.15) is 11.8 Å². The van der Waals surface area contributed by atoms with Crippen LogP contribution in [-0.4, -0.2) is 23.0 Å². The van der Waals surface area contributed by atoms with E-state index < -0.39 is 0 Å². The van der Waals surface area contributed by atoms with Gasteiger partial charge in [-0.25, -0.2) is 0 Å². The van der Waals surface area contributed by atoms with E-state index in [0.717, 1.165) is 0 Å². The van der Waals surface area contributed by atoms with Crippen LogP contribution in [0.2, 0.25) is 0 Å². The third-order valence-corrected chi connectivity index (χ3v) is 4.08. The summed E-state index contributed by atoms with van der Waals surface area (Å²) in [7, 11) is 0. The smallest absolute Gasteiger partial charge is 0.0605 e.